The molecule has 0 saturated heterocycles. The molecule has 2 aromatic carbocycles. The molecule has 0 atom stereocenters. The number of carboxylic acids is 1. The fraction of sp³-hybridized carbons (Fsp3) is 0.222. The number of aliphatic carboxylic acids is 1. The van der Waals surface area contributed by atoms with E-state index in [4.69, 9.17) is 14.2 Å². The van der Waals surface area contributed by atoms with Gasteiger partial charge < -0.3 is 19.3 Å². The van der Waals surface area contributed by atoms with Crippen LogP contribution in [-0.4, -0.2) is 28.5 Å². The molecule has 1 aliphatic rings. The number of fused-ring (bicyclic) bond motifs is 2. The molecule has 3 aromatic rings. The predicted molar refractivity (Wildman–Crippen MR) is 101 cm³/mol. The minimum atomic E-state index is -1.32. The average molecular weight is 436 g/mol. The van der Waals surface area contributed by atoms with Crippen molar-refractivity contribution in [1.29, 1.82) is 0 Å². The number of thiazole rings is 1. The molecule has 0 fully saturated rings. The molecule has 26 heavy (non-hydrogen) atoms. The number of hydrogen-bond donors (Lipinski definition) is 1. The lowest BCUT2D eigenvalue weighted by Gasteiger charge is -2.22. The number of carbonyl (C=O) groups is 1. The highest BCUT2D eigenvalue weighted by Gasteiger charge is 2.30. The predicted octanol–water partition coefficient (Wildman–Crippen LogP) is 4.70. The molecule has 0 bridgehead atoms. The Balaban J connectivity index is 1.67. The Labute approximate surface area is 161 Å². The van der Waals surface area contributed by atoms with Gasteiger partial charge in [-0.05, 0) is 48.0 Å². The van der Waals surface area contributed by atoms with Crippen LogP contribution in [0.25, 0.3) is 20.8 Å². The van der Waals surface area contributed by atoms with E-state index in [1.165, 1.54) is 13.8 Å². The van der Waals surface area contributed by atoms with Gasteiger partial charge in [-0.25, -0.2) is 9.78 Å². The Bertz CT molecular complexity index is 989. The van der Waals surface area contributed by atoms with Gasteiger partial charge in [0.2, 0.25) is 6.79 Å². The molecule has 1 N–H and O–H groups in total. The van der Waals surface area contributed by atoms with E-state index in [1.54, 1.807) is 17.4 Å². The fourth-order valence-corrected chi connectivity index (χ4v) is 3.91. The largest absolute Gasteiger partial charge is 0.478 e. The van der Waals surface area contributed by atoms with E-state index < -0.39 is 11.6 Å². The number of hydrogen-bond acceptors (Lipinski definition) is 6. The normalized spacial score (nSPS) is 13.2. The van der Waals surface area contributed by atoms with Crippen molar-refractivity contribution < 1.29 is 24.1 Å². The van der Waals surface area contributed by atoms with Gasteiger partial charge in [0, 0.05) is 17.7 Å². The van der Waals surface area contributed by atoms with Crippen molar-refractivity contribution in [2.75, 3.05) is 6.79 Å². The highest BCUT2D eigenvalue weighted by molar-refractivity contribution is 9.10. The minimum absolute atomic E-state index is 0.237. The van der Waals surface area contributed by atoms with Crippen molar-refractivity contribution >= 4 is 43.5 Å². The molecule has 8 heteroatoms. The van der Waals surface area contributed by atoms with Crippen LogP contribution < -0.4 is 14.2 Å². The third-order valence-corrected chi connectivity index (χ3v) is 5.63. The molecule has 134 valence electrons. The SMILES string of the molecule is CC(C)(Oc1ccc(-c2nc3cc4c(cc3s2)OCO4)cc1Br)C(=O)O. The van der Waals surface area contributed by atoms with Gasteiger partial charge in [-0.15, -0.1) is 11.3 Å². The van der Waals surface area contributed by atoms with Crippen molar-refractivity contribution in [1.82, 2.24) is 4.98 Å². The Kier molecular flexibility index (Phi) is 4.04. The first-order valence-corrected chi connectivity index (χ1v) is 9.37. The number of ether oxygens (including phenoxy) is 3. The van der Waals surface area contributed by atoms with Gasteiger partial charge in [0.15, 0.2) is 17.1 Å². The maximum Gasteiger partial charge on any atom is 0.347 e. The van der Waals surface area contributed by atoms with Crippen LogP contribution in [0.3, 0.4) is 0 Å². The smallest absolute Gasteiger partial charge is 0.347 e. The Morgan fingerprint density at radius 1 is 1.27 bits per heavy atom. The number of carboxylic acid groups (broad SMARTS) is 1. The summed E-state index contributed by atoms with van der Waals surface area (Å²) in [6.07, 6.45) is 0. The highest BCUT2D eigenvalue weighted by atomic mass is 79.9. The zero-order valence-electron chi connectivity index (χ0n) is 13.9. The lowest BCUT2D eigenvalue weighted by atomic mass is 10.1. The molecule has 6 nitrogen and oxygen atoms in total. The van der Waals surface area contributed by atoms with Crippen LogP contribution in [0.4, 0.5) is 0 Å². The summed E-state index contributed by atoms with van der Waals surface area (Å²) >= 11 is 5.00. The quantitative estimate of drug-likeness (QED) is 0.639. The van der Waals surface area contributed by atoms with E-state index in [-0.39, 0.29) is 6.79 Å². The van der Waals surface area contributed by atoms with Gasteiger partial charge in [-0.1, -0.05) is 0 Å². The molecular weight excluding hydrogens is 422 g/mol. The van der Waals surface area contributed by atoms with Gasteiger partial charge in [0.1, 0.15) is 10.8 Å². The van der Waals surface area contributed by atoms with Gasteiger partial charge in [-0.3, -0.25) is 0 Å². The zero-order valence-corrected chi connectivity index (χ0v) is 16.3. The minimum Gasteiger partial charge on any atom is -0.478 e. The van der Waals surface area contributed by atoms with Gasteiger partial charge in [0.25, 0.3) is 0 Å². The molecule has 0 unspecified atom stereocenters. The summed E-state index contributed by atoms with van der Waals surface area (Å²) in [4.78, 5) is 15.9. The van der Waals surface area contributed by atoms with Crippen molar-refractivity contribution in [2.24, 2.45) is 0 Å². The molecule has 0 saturated carbocycles. The zero-order chi connectivity index (χ0) is 18.5. The second-order valence-electron chi connectivity index (χ2n) is 6.25. The Morgan fingerprint density at radius 3 is 2.69 bits per heavy atom. The second-order valence-corrected chi connectivity index (χ2v) is 8.14. The molecule has 0 amide bonds. The first kappa shape index (κ1) is 17.1. The first-order chi connectivity index (χ1) is 12.3. The molecule has 0 spiro atoms. The van der Waals surface area contributed by atoms with E-state index in [9.17, 15) is 9.90 Å². The van der Waals surface area contributed by atoms with E-state index in [1.807, 2.05) is 24.3 Å². The summed E-state index contributed by atoms with van der Waals surface area (Å²) < 4.78 is 18.1. The third-order valence-electron chi connectivity index (χ3n) is 3.94. The number of benzene rings is 2. The number of aromatic nitrogens is 1. The summed E-state index contributed by atoms with van der Waals surface area (Å²) in [6.45, 7) is 3.25. The summed E-state index contributed by atoms with van der Waals surface area (Å²) in [5.74, 6) is 0.865. The van der Waals surface area contributed by atoms with E-state index in [0.29, 0.717) is 16.0 Å². The van der Waals surface area contributed by atoms with Crippen LogP contribution in [0, 0.1) is 0 Å². The maximum atomic E-state index is 11.2. The molecule has 0 radical (unpaired) electrons. The fourth-order valence-electron chi connectivity index (χ4n) is 2.48. The molecular formula is C18H14BrNO5S. The lowest BCUT2D eigenvalue weighted by Crippen LogP contribution is -2.37. The number of nitrogens with zero attached hydrogens (tertiary/aromatic N) is 1. The monoisotopic (exact) mass is 435 g/mol. The van der Waals surface area contributed by atoms with Gasteiger partial charge in [-0.2, -0.15) is 0 Å². The van der Waals surface area contributed by atoms with Crippen LogP contribution in [0.15, 0.2) is 34.8 Å². The number of rotatable bonds is 4. The standard InChI is InChI=1S/C18H14BrNO5S/c1-18(2,17(21)22)25-12-4-3-9(5-10(12)19)16-20-11-6-13-14(24-8-23-13)7-15(11)26-16/h3-7H,8H2,1-2H3,(H,21,22). The van der Waals surface area contributed by atoms with Crippen LogP contribution in [0.1, 0.15) is 13.8 Å². The summed E-state index contributed by atoms with van der Waals surface area (Å²) in [5.41, 5.74) is 0.429. The van der Waals surface area contributed by atoms with Gasteiger partial charge >= 0.3 is 5.97 Å². The first-order valence-electron chi connectivity index (χ1n) is 7.76. The van der Waals surface area contributed by atoms with Crippen LogP contribution in [0.2, 0.25) is 0 Å². The van der Waals surface area contributed by atoms with Gasteiger partial charge in [0.05, 0.1) is 14.7 Å². The summed E-state index contributed by atoms with van der Waals surface area (Å²) in [7, 11) is 0. The molecule has 0 aliphatic carbocycles. The topological polar surface area (TPSA) is 77.9 Å². The van der Waals surface area contributed by atoms with Crippen LogP contribution in [-0.2, 0) is 4.79 Å². The lowest BCUT2D eigenvalue weighted by molar-refractivity contribution is -0.152. The molecule has 1 aliphatic heterocycles. The average Bonchev–Trinajstić information content (AvgIpc) is 3.19. The maximum absolute atomic E-state index is 11.2. The second kappa shape index (κ2) is 6.14. The summed E-state index contributed by atoms with van der Waals surface area (Å²) in [5, 5.41) is 10.0. The highest BCUT2D eigenvalue weighted by Crippen LogP contribution is 2.41. The Hall–Kier alpha value is -2.32. The molecule has 1 aromatic heterocycles. The van der Waals surface area contributed by atoms with Crippen molar-refractivity contribution in [3.8, 4) is 27.8 Å². The van der Waals surface area contributed by atoms with Crippen LogP contribution in [0.5, 0.6) is 17.2 Å². The number of halogens is 1. The van der Waals surface area contributed by atoms with Crippen molar-refractivity contribution in [2.45, 2.75) is 19.4 Å². The van der Waals surface area contributed by atoms with Crippen LogP contribution >= 0.6 is 27.3 Å². The van der Waals surface area contributed by atoms with E-state index in [2.05, 4.69) is 20.9 Å². The Morgan fingerprint density at radius 2 is 2.00 bits per heavy atom. The van der Waals surface area contributed by atoms with Crippen molar-refractivity contribution in [3.05, 3.63) is 34.8 Å². The summed E-state index contributed by atoms with van der Waals surface area (Å²) in [6, 6.07) is 9.27. The molecule has 2 heterocycles. The van der Waals surface area contributed by atoms with E-state index >= 15 is 0 Å². The van der Waals surface area contributed by atoms with E-state index in [0.717, 1.165) is 26.5 Å². The third kappa shape index (κ3) is 2.99. The van der Waals surface area contributed by atoms with Crippen molar-refractivity contribution in [3.63, 3.8) is 0 Å². The molecule has 4 rings (SSSR count).